The number of imidazole rings is 1. The highest BCUT2D eigenvalue weighted by molar-refractivity contribution is 6.14. The molecule has 0 aliphatic carbocycles. The SMILES string of the molecule is C/C=C\C=C/c1cc(-c2ccc(-c3ccc4c(c3)c3ccccc3c3nc5ccccc5n43)cc2)cc2ccccc12. The summed E-state index contributed by atoms with van der Waals surface area (Å²) in [7, 11) is 0. The van der Waals surface area contributed by atoms with Gasteiger partial charge in [-0.25, -0.2) is 4.98 Å². The molecule has 0 aliphatic heterocycles. The summed E-state index contributed by atoms with van der Waals surface area (Å²) in [5.74, 6) is 0. The van der Waals surface area contributed by atoms with E-state index >= 15 is 0 Å². The van der Waals surface area contributed by atoms with Gasteiger partial charge in [0.05, 0.1) is 16.6 Å². The first-order valence-corrected chi connectivity index (χ1v) is 14.4. The minimum absolute atomic E-state index is 1.01. The summed E-state index contributed by atoms with van der Waals surface area (Å²) in [5, 5.41) is 6.14. The van der Waals surface area contributed by atoms with Crippen molar-refractivity contribution in [2.24, 2.45) is 0 Å². The molecule has 198 valence electrons. The van der Waals surface area contributed by atoms with Gasteiger partial charge in [0.1, 0.15) is 5.65 Å². The highest BCUT2D eigenvalue weighted by Gasteiger charge is 2.14. The predicted octanol–water partition coefficient (Wildman–Crippen LogP) is 10.9. The number of nitrogens with zero attached hydrogens (tertiary/aromatic N) is 2. The van der Waals surface area contributed by atoms with E-state index in [2.05, 4.69) is 156 Å². The van der Waals surface area contributed by atoms with Gasteiger partial charge < -0.3 is 0 Å². The lowest BCUT2D eigenvalue weighted by Crippen LogP contribution is -1.92. The van der Waals surface area contributed by atoms with E-state index in [0.29, 0.717) is 0 Å². The van der Waals surface area contributed by atoms with Gasteiger partial charge in [0.2, 0.25) is 0 Å². The van der Waals surface area contributed by atoms with Crippen molar-refractivity contribution in [3.63, 3.8) is 0 Å². The Kier molecular flexibility index (Phi) is 5.72. The average molecular weight is 537 g/mol. The summed E-state index contributed by atoms with van der Waals surface area (Å²) >= 11 is 0. The van der Waals surface area contributed by atoms with E-state index in [1.165, 1.54) is 60.3 Å². The summed E-state index contributed by atoms with van der Waals surface area (Å²) in [6.07, 6.45) is 8.43. The average Bonchev–Trinajstić information content (AvgIpc) is 3.45. The zero-order chi connectivity index (χ0) is 28.0. The Bertz CT molecular complexity index is 2350. The smallest absolute Gasteiger partial charge is 0.146 e. The Morgan fingerprint density at radius 1 is 0.524 bits per heavy atom. The quantitative estimate of drug-likeness (QED) is 0.161. The molecule has 0 fully saturated rings. The largest absolute Gasteiger partial charge is 0.292 e. The number of benzene rings is 6. The molecule has 0 spiro atoms. The van der Waals surface area contributed by atoms with Gasteiger partial charge in [-0.2, -0.15) is 0 Å². The summed E-state index contributed by atoms with van der Waals surface area (Å²) in [5.41, 5.74) is 10.4. The number of rotatable bonds is 4. The fraction of sp³-hybridized carbons (Fsp3) is 0.0250. The zero-order valence-corrected chi connectivity index (χ0v) is 23.3. The van der Waals surface area contributed by atoms with Crippen LogP contribution in [-0.2, 0) is 0 Å². The molecule has 2 nitrogen and oxygen atoms in total. The maximum Gasteiger partial charge on any atom is 0.146 e. The Morgan fingerprint density at radius 2 is 1.21 bits per heavy atom. The number of para-hydroxylation sites is 2. The molecule has 0 saturated carbocycles. The van der Waals surface area contributed by atoms with E-state index in [1.54, 1.807) is 0 Å². The van der Waals surface area contributed by atoms with Crippen LogP contribution in [0.5, 0.6) is 0 Å². The molecule has 2 heterocycles. The minimum Gasteiger partial charge on any atom is -0.292 e. The standard InChI is InChI=1S/C40H28N2/c1-2-3-4-11-30-24-32(25-31-12-5-6-13-33(30)31)28-20-18-27(19-21-28)29-22-23-38-36(26-29)34-14-7-8-15-35(34)40-41-37-16-9-10-17-39(37)42(38)40/h2-26H,1H3/b3-2-,11-4-. The van der Waals surface area contributed by atoms with Crippen LogP contribution < -0.4 is 0 Å². The Balaban J connectivity index is 1.25. The summed E-state index contributed by atoms with van der Waals surface area (Å²) in [6, 6.07) is 46.0. The van der Waals surface area contributed by atoms with E-state index in [4.69, 9.17) is 4.98 Å². The first-order valence-electron chi connectivity index (χ1n) is 14.4. The molecule has 2 heteroatoms. The molecule has 0 unspecified atom stereocenters. The number of fused-ring (bicyclic) bond motifs is 9. The fourth-order valence-corrected chi connectivity index (χ4v) is 6.26. The third-order valence-corrected chi connectivity index (χ3v) is 8.28. The molecule has 6 aromatic carbocycles. The van der Waals surface area contributed by atoms with Gasteiger partial charge in [0.25, 0.3) is 0 Å². The van der Waals surface area contributed by atoms with Crippen LogP contribution in [0.4, 0.5) is 0 Å². The lowest BCUT2D eigenvalue weighted by Gasteiger charge is -2.12. The lowest BCUT2D eigenvalue weighted by molar-refractivity contribution is 1.31. The molecule has 8 rings (SSSR count). The van der Waals surface area contributed by atoms with Crippen molar-refractivity contribution in [2.45, 2.75) is 6.92 Å². The Morgan fingerprint density at radius 3 is 2.05 bits per heavy atom. The molecule has 0 radical (unpaired) electrons. The van der Waals surface area contributed by atoms with Gasteiger partial charge >= 0.3 is 0 Å². The van der Waals surface area contributed by atoms with Gasteiger partial charge in [-0.3, -0.25) is 4.40 Å². The number of pyridine rings is 1. The molecule has 0 saturated heterocycles. The topological polar surface area (TPSA) is 17.3 Å². The van der Waals surface area contributed by atoms with Crippen LogP contribution in [-0.4, -0.2) is 9.38 Å². The van der Waals surface area contributed by atoms with Crippen molar-refractivity contribution in [1.29, 1.82) is 0 Å². The van der Waals surface area contributed by atoms with Crippen molar-refractivity contribution in [3.05, 3.63) is 151 Å². The fourth-order valence-electron chi connectivity index (χ4n) is 6.26. The van der Waals surface area contributed by atoms with Crippen molar-refractivity contribution in [3.8, 4) is 22.3 Å². The predicted molar refractivity (Wildman–Crippen MR) is 180 cm³/mol. The van der Waals surface area contributed by atoms with Crippen molar-refractivity contribution >= 4 is 55.2 Å². The molecule has 0 N–H and O–H groups in total. The van der Waals surface area contributed by atoms with Gasteiger partial charge in [-0.05, 0) is 87.3 Å². The summed E-state index contributed by atoms with van der Waals surface area (Å²) in [4.78, 5) is 5.01. The Labute approximate surface area is 244 Å². The molecule has 0 atom stereocenters. The van der Waals surface area contributed by atoms with Crippen LogP contribution in [0.15, 0.2) is 146 Å². The molecule has 42 heavy (non-hydrogen) atoms. The normalized spacial score (nSPS) is 12.2. The first-order chi connectivity index (χ1) is 20.8. The maximum absolute atomic E-state index is 5.01. The van der Waals surface area contributed by atoms with Crippen molar-refractivity contribution in [2.75, 3.05) is 0 Å². The molecular formula is C40H28N2. The highest BCUT2D eigenvalue weighted by atomic mass is 15.0. The van der Waals surface area contributed by atoms with Gasteiger partial charge in [-0.1, -0.05) is 115 Å². The molecule has 0 amide bonds. The van der Waals surface area contributed by atoms with Crippen molar-refractivity contribution < 1.29 is 0 Å². The molecule has 2 aromatic heterocycles. The van der Waals surface area contributed by atoms with E-state index in [-0.39, 0.29) is 0 Å². The third kappa shape index (κ3) is 3.92. The zero-order valence-electron chi connectivity index (χ0n) is 23.3. The number of allylic oxidation sites excluding steroid dienone is 3. The van der Waals surface area contributed by atoms with Gasteiger partial charge in [-0.15, -0.1) is 0 Å². The lowest BCUT2D eigenvalue weighted by atomic mass is 9.94. The second kappa shape index (κ2) is 9.87. The van der Waals surface area contributed by atoms with Crippen LogP contribution in [0.1, 0.15) is 12.5 Å². The second-order valence-corrected chi connectivity index (χ2v) is 10.8. The van der Waals surface area contributed by atoms with Gasteiger partial charge in [0.15, 0.2) is 0 Å². The Hall–Kier alpha value is -5.47. The maximum atomic E-state index is 5.01. The summed E-state index contributed by atoms with van der Waals surface area (Å²) < 4.78 is 2.31. The highest BCUT2D eigenvalue weighted by Crippen LogP contribution is 2.36. The number of aromatic nitrogens is 2. The number of hydrogen-bond acceptors (Lipinski definition) is 1. The molecule has 0 bridgehead atoms. The van der Waals surface area contributed by atoms with E-state index in [1.807, 2.05) is 6.92 Å². The minimum atomic E-state index is 1.01. The summed E-state index contributed by atoms with van der Waals surface area (Å²) in [6.45, 7) is 2.04. The van der Waals surface area contributed by atoms with Crippen LogP contribution >= 0.6 is 0 Å². The molecular weight excluding hydrogens is 508 g/mol. The van der Waals surface area contributed by atoms with E-state index in [9.17, 15) is 0 Å². The van der Waals surface area contributed by atoms with E-state index in [0.717, 1.165) is 16.7 Å². The van der Waals surface area contributed by atoms with Crippen LogP contribution in [0.3, 0.4) is 0 Å². The second-order valence-electron chi connectivity index (χ2n) is 10.8. The van der Waals surface area contributed by atoms with Crippen LogP contribution in [0.25, 0.3) is 77.5 Å². The van der Waals surface area contributed by atoms with Crippen molar-refractivity contribution in [1.82, 2.24) is 9.38 Å². The first kappa shape index (κ1) is 24.3. The van der Waals surface area contributed by atoms with Crippen LogP contribution in [0.2, 0.25) is 0 Å². The van der Waals surface area contributed by atoms with Crippen LogP contribution in [0, 0.1) is 0 Å². The number of hydrogen-bond donors (Lipinski definition) is 0. The molecule has 0 aliphatic rings. The van der Waals surface area contributed by atoms with Gasteiger partial charge in [0, 0.05) is 10.8 Å². The third-order valence-electron chi connectivity index (χ3n) is 8.28. The van der Waals surface area contributed by atoms with E-state index < -0.39 is 0 Å². The monoisotopic (exact) mass is 536 g/mol. The molecule has 8 aromatic rings.